The van der Waals surface area contributed by atoms with Gasteiger partial charge in [0.2, 0.25) is 5.91 Å². The summed E-state index contributed by atoms with van der Waals surface area (Å²) in [6.45, 7) is 0.830. The molecule has 0 fully saturated rings. The lowest BCUT2D eigenvalue weighted by molar-refractivity contribution is -0.118. The molecule has 27 heavy (non-hydrogen) atoms. The second-order valence-electron chi connectivity index (χ2n) is 5.66. The second kappa shape index (κ2) is 8.79. The van der Waals surface area contributed by atoms with E-state index in [2.05, 4.69) is 10.3 Å². The fraction of sp³-hybridized carbons (Fsp3) is 0.211. The van der Waals surface area contributed by atoms with Crippen LogP contribution in [0.15, 0.2) is 58.5 Å². The van der Waals surface area contributed by atoms with Crippen LogP contribution in [0.25, 0.3) is 16.6 Å². The SMILES string of the molecule is COCCNC(=O)CSc1nc2ccccc2c(=O)n1-c1ccc(F)cc1. The van der Waals surface area contributed by atoms with Crippen LogP contribution in [0.4, 0.5) is 4.39 Å². The number of hydrogen-bond donors (Lipinski definition) is 1. The summed E-state index contributed by atoms with van der Waals surface area (Å²) in [7, 11) is 1.56. The van der Waals surface area contributed by atoms with Crippen molar-refractivity contribution in [2.45, 2.75) is 5.16 Å². The number of benzene rings is 2. The van der Waals surface area contributed by atoms with E-state index in [0.717, 1.165) is 11.8 Å². The molecule has 0 aliphatic heterocycles. The van der Waals surface area contributed by atoms with Crippen molar-refractivity contribution in [3.05, 3.63) is 64.7 Å². The van der Waals surface area contributed by atoms with Crippen molar-refractivity contribution in [1.29, 1.82) is 0 Å². The van der Waals surface area contributed by atoms with Gasteiger partial charge in [-0.3, -0.25) is 14.2 Å². The van der Waals surface area contributed by atoms with E-state index in [0.29, 0.717) is 34.9 Å². The number of fused-ring (bicyclic) bond motifs is 1. The molecule has 2 aromatic carbocycles. The van der Waals surface area contributed by atoms with Gasteiger partial charge in [0.1, 0.15) is 5.82 Å². The Kier molecular flexibility index (Phi) is 6.20. The minimum Gasteiger partial charge on any atom is -0.383 e. The summed E-state index contributed by atoms with van der Waals surface area (Å²) in [6, 6.07) is 12.6. The first kappa shape index (κ1) is 19.1. The molecule has 0 radical (unpaired) electrons. The van der Waals surface area contributed by atoms with Gasteiger partial charge in [0.05, 0.1) is 29.0 Å². The number of thioether (sulfide) groups is 1. The Bertz CT molecular complexity index is 1010. The van der Waals surface area contributed by atoms with Gasteiger partial charge in [0, 0.05) is 13.7 Å². The number of nitrogens with one attached hydrogen (secondary N) is 1. The highest BCUT2D eigenvalue weighted by Crippen LogP contribution is 2.21. The maximum Gasteiger partial charge on any atom is 0.266 e. The van der Waals surface area contributed by atoms with Gasteiger partial charge in [-0.05, 0) is 36.4 Å². The Morgan fingerprint density at radius 1 is 1.22 bits per heavy atom. The third-order valence-corrected chi connectivity index (χ3v) is 4.73. The molecule has 1 N–H and O–H groups in total. The van der Waals surface area contributed by atoms with Gasteiger partial charge in [-0.2, -0.15) is 0 Å². The Hall–Kier alpha value is -2.71. The zero-order chi connectivity index (χ0) is 19.2. The van der Waals surface area contributed by atoms with E-state index in [9.17, 15) is 14.0 Å². The molecule has 1 aromatic heterocycles. The summed E-state index contributed by atoms with van der Waals surface area (Å²) >= 11 is 1.15. The number of aromatic nitrogens is 2. The van der Waals surface area contributed by atoms with Gasteiger partial charge in [-0.25, -0.2) is 9.37 Å². The molecular formula is C19H18FN3O3S. The van der Waals surface area contributed by atoms with Gasteiger partial charge < -0.3 is 10.1 Å². The van der Waals surface area contributed by atoms with Crippen LogP contribution in [0.3, 0.4) is 0 Å². The highest BCUT2D eigenvalue weighted by molar-refractivity contribution is 7.99. The van der Waals surface area contributed by atoms with Crippen molar-refractivity contribution < 1.29 is 13.9 Å². The molecule has 0 unspecified atom stereocenters. The van der Waals surface area contributed by atoms with Crippen LogP contribution in [-0.4, -0.2) is 41.5 Å². The van der Waals surface area contributed by atoms with E-state index < -0.39 is 5.82 Å². The predicted octanol–water partition coefficient (Wildman–Crippen LogP) is 2.38. The molecule has 0 aliphatic carbocycles. The average Bonchev–Trinajstić information content (AvgIpc) is 2.68. The summed E-state index contributed by atoms with van der Waals surface area (Å²) in [5.41, 5.74) is 0.764. The highest BCUT2D eigenvalue weighted by atomic mass is 32.2. The standard InChI is InChI=1S/C19H18FN3O3S/c1-26-11-10-21-17(24)12-27-19-22-16-5-3-2-4-15(16)18(25)23(19)14-8-6-13(20)7-9-14/h2-9H,10-12H2,1H3,(H,21,24). The first-order valence-corrected chi connectivity index (χ1v) is 9.25. The Labute approximate surface area is 159 Å². The third-order valence-electron chi connectivity index (χ3n) is 3.79. The molecular weight excluding hydrogens is 369 g/mol. The van der Waals surface area contributed by atoms with Crippen molar-refractivity contribution >= 4 is 28.6 Å². The third kappa shape index (κ3) is 4.53. The van der Waals surface area contributed by atoms with Crippen molar-refractivity contribution in [3.8, 4) is 5.69 Å². The maximum absolute atomic E-state index is 13.3. The Morgan fingerprint density at radius 2 is 1.96 bits per heavy atom. The van der Waals surface area contributed by atoms with Crippen LogP contribution >= 0.6 is 11.8 Å². The van der Waals surface area contributed by atoms with Gasteiger partial charge in [-0.15, -0.1) is 0 Å². The molecule has 0 spiro atoms. The van der Waals surface area contributed by atoms with E-state index in [1.54, 1.807) is 31.4 Å². The summed E-state index contributed by atoms with van der Waals surface area (Å²) in [5, 5.41) is 3.54. The van der Waals surface area contributed by atoms with E-state index in [1.807, 2.05) is 0 Å². The summed E-state index contributed by atoms with van der Waals surface area (Å²) in [6.07, 6.45) is 0. The van der Waals surface area contributed by atoms with Crippen LogP contribution in [0.1, 0.15) is 0 Å². The number of carbonyl (C=O) groups is 1. The van der Waals surface area contributed by atoms with Gasteiger partial charge >= 0.3 is 0 Å². The van der Waals surface area contributed by atoms with Crippen LogP contribution in [-0.2, 0) is 9.53 Å². The molecule has 6 nitrogen and oxygen atoms in total. The monoisotopic (exact) mass is 387 g/mol. The molecule has 0 bridgehead atoms. The Morgan fingerprint density at radius 3 is 2.70 bits per heavy atom. The zero-order valence-electron chi connectivity index (χ0n) is 14.6. The van der Waals surface area contributed by atoms with Crippen molar-refractivity contribution in [2.24, 2.45) is 0 Å². The van der Waals surface area contributed by atoms with Crippen LogP contribution < -0.4 is 10.9 Å². The van der Waals surface area contributed by atoms with Crippen LogP contribution in [0.2, 0.25) is 0 Å². The van der Waals surface area contributed by atoms with Gasteiger partial charge in [0.25, 0.3) is 5.56 Å². The molecule has 0 aliphatic rings. The van der Waals surface area contributed by atoms with E-state index in [1.165, 1.54) is 28.8 Å². The van der Waals surface area contributed by atoms with Gasteiger partial charge in [0.15, 0.2) is 5.16 Å². The normalized spacial score (nSPS) is 10.9. The van der Waals surface area contributed by atoms with Crippen molar-refractivity contribution in [1.82, 2.24) is 14.9 Å². The zero-order valence-corrected chi connectivity index (χ0v) is 15.5. The molecule has 3 rings (SSSR count). The van der Waals surface area contributed by atoms with E-state index >= 15 is 0 Å². The topological polar surface area (TPSA) is 73.2 Å². The number of nitrogens with zero attached hydrogens (tertiary/aromatic N) is 2. The fourth-order valence-corrected chi connectivity index (χ4v) is 3.34. The summed E-state index contributed by atoms with van der Waals surface area (Å²) in [4.78, 5) is 29.5. The lowest BCUT2D eigenvalue weighted by atomic mass is 10.2. The maximum atomic E-state index is 13.3. The number of halogens is 1. The molecule has 1 amide bonds. The molecule has 0 atom stereocenters. The van der Waals surface area contributed by atoms with Crippen molar-refractivity contribution in [2.75, 3.05) is 26.0 Å². The van der Waals surface area contributed by atoms with Crippen LogP contribution in [0, 0.1) is 5.82 Å². The lowest BCUT2D eigenvalue weighted by Crippen LogP contribution is -2.29. The number of rotatable bonds is 7. The fourth-order valence-electron chi connectivity index (χ4n) is 2.50. The molecule has 3 aromatic rings. The number of carbonyl (C=O) groups excluding carboxylic acids is 1. The van der Waals surface area contributed by atoms with Crippen molar-refractivity contribution in [3.63, 3.8) is 0 Å². The molecule has 1 heterocycles. The average molecular weight is 387 g/mol. The number of ether oxygens (including phenoxy) is 1. The minimum atomic E-state index is -0.396. The number of para-hydroxylation sites is 1. The van der Waals surface area contributed by atoms with E-state index in [4.69, 9.17) is 4.74 Å². The second-order valence-corrected chi connectivity index (χ2v) is 6.60. The smallest absolute Gasteiger partial charge is 0.266 e. The first-order valence-electron chi connectivity index (χ1n) is 8.26. The summed E-state index contributed by atoms with van der Waals surface area (Å²) < 4.78 is 19.6. The molecule has 0 saturated carbocycles. The number of methoxy groups -OCH3 is 1. The first-order chi connectivity index (χ1) is 13.1. The molecule has 0 saturated heterocycles. The minimum absolute atomic E-state index is 0.0929. The lowest BCUT2D eigenvalue weighted by Gasteiger charge is -2.13. The predicted molar refractivity (Wildman–Crippen MR) is 103 cm³/mol. The highest BCUT2D eigenvalue weighted by Gasteiger charge is 2.14. The quantitative estimate of drug-likeness (QED) is 0.383. The molecule has 140 valence electrons. The summed E-state index contributed by atoms with van der Waals surface area (Å²) in [5.74, 6) is -0.493. The Balaban J connectivity index is 1.97. The number of amides is 1. The largest absolute Gasteiger partial charge is 0.383 e. The van der Waals surface area contributed by atoms with E-state index in [-0.39, 0.29) is 17.2 Å². The molecule has 8 heteroatoms. The van der Waals surface area contributed by atoms with Gasteiger partial charge in [-0.1, -0.05) is 23.9 Å². The van der Waals surface area contributed by atoms with Crippen LogP contribution in [0.5, 0.6) is 0 Å². The number of hydrogen-bond acceptors (Lipinski definition) is 5.